The van der Waals surface area contributed by atoms with Crippen LogP contribution in [0.2, 0.25) is 0 Å². The van der Waals surface area contributed by atoms with Crippen LogP contribution in [-0.4, -0.2) is 43.9 Å². The molecular formula is C34H40N4O4. The maximum absolute atomic E-state index is 13.5. The summed E-state index contributed by atoms with van der Waals surface area (Å²) in [5.41, 5.74) is 11.6. The maximum atomic E-state index is 13.5. The Balaban J connectivity index is 1.73. The van der Waals surface area contributed by atoms with Crippen molar-refractivity contribution in [2.45, 2.75) is 97.0 Å². The highest BCUT2D eigenvalue weighted by Crippen LogP contribution is 2.45. The number of methoxy groups -OCH3 is 1. The van der Waals surface area contributed by atoms with Gasteiger partial charge in [0, 0.05) is 86.8 Å². The molecule has 3 aliphatic rings. The zero-order valence-electron chi connectivity index (χ0n) is 25.5. The number of esters is 1. The lowest BCUT2D eigenvalue weighted by atomic mass is 9.85. The number of fused-ring (bicyclic) bond motifs is 8. The Kier molecular flexibility index (Phi) is 7.08. The first-order valence-corrected chi connectivity index (χ1v) is 15.1. The SMILES string of the molecule is CC[C@H]1c2cc3[nH]c4c(c5nc(cc6[nH]c(cc(n2)[C@@H]1C)c([C@@H](C)O)c6C)[C@@H](C)[C@@H]5CCC(=O)OC)CC(=O)c4c3C. The van der Waals surface area contributed by atoms with Gasteiger partial charge in [0.2, 0.25) is 0 Å². The van der Waals surface area contributed by atoms with Gasteiger partial charge < -0.3 is 19.8 Å². The predicted octanol–water partition coefficient (Wildman–Crippen LogP) is 6.86. The molecule has 0 saturated heterocycles. The minimum atomic E-state index is -0.665. The van der Waals surface area contributed by atoms with E-state index in [-0.39, 0.29) is 48.3 Å². The van der Waals surface area contributed by atoms with Crippen molar-refractivity contribution in [1.29, 1.82) is 0 Å². The van der Waals surface area contributed by atoms with Crippen LogP contribution in [0.4, 0.5) is 0 Å². The zero-order chi connectivity index (χ0) is 30.0. The summed E-state index contributed by atoms with van der Waals surface area (Å²) in [6, 6.07) is 6.26. The number of aromatic nitrogens is 4. The summed E-state index contributed by atoms with van der Waals surface area (Å²) in [7, 11) is 1.41. The van der Waals surface area contributed by atoms with E-state index in [0.29, 0.717) is 6.42 Å². The second-order valence-corrected chi connectivity index (χ2v) is 12.3. The summed E-state index contributed by atoms with van der Waals surface area (Å²) < 4.78 is 4.96. The van der Waals surface area contributed by atoms with Gasteiger partial charge in [-0.2, -0.15) is 0 Å². The molecule has 8 bridgehead atoms. The number of aliphatic hydroxyl groups excluding tert-OH is 1. The third kappa shape index (κ3) is 4.39. The normalized spacial score (nSPS) is 22.0. The Morgan fingerprint density at radius 2 is 1.64 bits per heavy atom. The number of rotatable bonds is 5. The number of aliphatic hydroxyl groups is 1. The van der Waals surface area contributed by atoms with E-state index in [2.05, 4.69) is 48.9 Å². The summed E-state index contributed by atoms with van der Waals surface area (Å²) in [5, 5.41) is 10.8. The molecule has 220 valence electrons. The van der Waals surface area contributed by atoms with E-state index >= 15 is 0 Å². The maximum Gasteiger partial charge on any atom is 0.305 e. The van der Waals surface area contributed by atoms with E-state index in [1.54, 1.807) is 6.92 Å². The van der Waals surface area contributed by atoms with Crippen LogP contribution >= 0.6 is 0 Å². The number of Topliss-reactive ketones (excluding diaryl/α,β-unsaturated/α-hetero) is 1. The van der Waals surface area contributed by atoms with Crippen molar-refractivity contribution in [2.24, 2.45) is 0 Å². The molecule has 0 radical (unpaired) electrons. The van der Waals surface area contributed by atoms with Crippen molar-refractivity contribution in [3.63, 3.8) is 0 Å². The summed E-state index contributed by atoms with van der Waals surface area (Å²) in [6.45, 7) is 12.3. The zero-order valence-corrected chi connectivity index (χ0v) is 25.5. The fraction of sp³-hybridized carbons (Fsp3) is 0.471. The van der Waals surface area contributed by atoms with Crippen LogP contribution in [0.5, 0.6) is 0 Å². The molecule has 42 heavy (non-hydrogen) atoms. The van der Waals surface area contributed by atoms with Gasteiger partial charge in [0.15, 0.2) is 5.78 Å². The van der Waals surface area contributed by atoms with E-state index in [4.69, 9.17) is 14.7 Å². The van der Waals surface area contributed by atoms with Crippen molar-refractivity contribution in [2.75, 3.05) is 7.11 Å². The summed E-state index contributed by atoms with van der Waals surface area (Å²) in [4.78, 5) is 43.1. The minimum absolute atomic E-state index is 0.0143. The molecule has 3 N–H and O–H groups in total. The molecule has 8 nitrogen and oxygen atoms in total. The van der Waals surface area contributed by atoms with Gasteiger partial charge in [-0.1, -0.05) is 20.8 Å². The molecule has 0 amide bonds. The van der Waals surface area contributed by atoms with Crippen molar-refractivity contribution < 1.29 is 19.4 Å². The molecule has 2 aliphatic heterocycles. The Morgan fingerprint density at radius 1 is 1.00 bits per heavy atom. The van der Waals surface area contributed by atoms with Crippen LogP contribution in [0.15, 0.2) is 18.2 Å². The molecule has 1 aliphatic carbocycles. The Bertz CT molecular complexity index is 1780. The van der Waals surface area contributed by atoms with Gasteiger partial charge in [-0.05, 0) is 62.9 Å². The number of hydrogen-bond donors (Lipinski definition) is 3. The van der Waals surface area contributed by atoms with Crippen LogP contribution in [0.3, 0.4) is 0 Å². The number of nitrogens with zero attached hydrogens (tertiary/aromatic N) is 2. The summed E-state index contributed by atoms with van der Waals surface area (Å²) in [5.74, 6) is 0.241. The first kappa shape index (κ1) is 28.3. The first-order chi connectivity index (χ1) is 20.0. The lowest BCUT2D eigenvalue weighted by molar-refractivity contribution is -0.140. The fourth-order valence-electron chi connectivity index (χ4n) is 7.43. The number of ketones is 1. The summed E-state index contributed by atoms with van der Waals surface area (Å²) in [6.07, 6.45) is 1.40. The van der Waals surface area contributed by atoms with E-state index in [9.17, 15) is 14.7 Å². The Labute approximate surface area is 246 Å². The first-order valence-electron chi connectivity index (χ1n) is 15.1. The molecule has 5 heterocycles. The minimum Gasteiger partial charge on any atom is -0.469 e. The van der Waals surface area contributed by atoms with Crippen LogP contribution in [0.1, 0.15) is 132 Å². The van der Waals surface area contributed by atoms with Crippen molar-refractivity contribution in [3.05, 3.63) is 68.8 Å². The number of hydrogen-bond acceptors (Lipinski definition) is 6. The standard InChI is InChI=1S/C34H40N4O4/c1-8-20-15(2)23-14-28-31(19(6)39)17(4)25(36-28)12-24-16(3)21(9-10-30(41)42-7)33(37-24)22-11-29(40)32-18(5)26(38-34(22)32)13-27(20)35-23/h12-16,19-21,36,38-39H,8-11H2,1-7H3/t15-,16+,19-,20-,21+/m1/s1. The number of H-pyrrole nitrogens is 2. The molecule has 0 spiro atoms. The number of carbonyl (C=O) groups is 2. The van der Waals surface area contributed by atoms with E-state index in [1.807, 2.05) is 13.8 Å². The topological polar surface area (TPSA) is 121 Å². The smallest absolute Gasteiger partial charge is 0.305 e. The molecule has 0 aromatic carbocycles. The molecule has 5 atom stereocenters. The highest BCUT2D eigenvalue weighted by Gasteiger charge is 2.36. The van der Waals surface area contributed by atoms with Crippen LogP contribution < -0.4 is 0 Å². The number of aryl methyl sites for hydroxylation is 2. The van der Waals surface area contributed by atoms with Crippen molar-refractivity contribution in [3.8, 4) is 0 Å². The average Bonchev–Trinajstić information content (AvgIpc) is 3.70. The van der Waals surface area contributed by atoms with Gasteiger partial charge in [-0.3, -0.25) is 19.6 Å². The molecule has 8 heteroatoms. The largest absolute Gasteiger partial charge is 0.469 e. The molecule has 0 unspecified atom stereocenters. The van der Waals surface area contributed by atoms with Gasteiger partial charge in [0.05, 0.1) is 24.4 Å². The van der Waals surface area contributed by atoms with E-state index in [1.165, 1.54) is 7.11 Å². The highest BCUT2D eigenvalue weighted by molar-refractivity contribution is 6.13. The second-order valence-electron chi connectivity index (χ2n) is 12.3. The predicted molar refractivity (Wildman–Crippen MR) is 163 cm³/mol. The van der Waals surface area contributed by atoms with Gasteiger partial charge in [-0.25, -0.2) is 0 Å². The second kappa shape index (κ2) is 10.5. The third-order valence-corrected chi connectivity index (χ3v) is 9.88. The third-order valence-electron chi connectivity index (χ3n) is 9.88. The monoisotopic (exact) mass is 568 g/mol. The van der Waals surface area contributed by atoms with Crippen LogP contribution in [0, 0.1) is 13.8 Å². The lowest BCUT2D eigenvalue weighted by Crippen LogP contribution is -2.09. The molecule has 0 fully saturated rings. The average molecular weight is 569 g/mol. The fourth-order valence-corrected chi connectivity index (χ4v) is 7.43. The quantitative estimate of drug-likeness (QED) is 0.289. The lowest BCUT2D eigenvalue weighted by Gasteiger charge is -2.16. The van der Waals surface area contributed by atoms with Crippen molar-refractivity contribution >= 4 is 33.8 Å². The van der Waals surface area contributed by atoms with E-state index in [0.717, 1.165) is 79.1 Å². The molecule has 3 aromatic heterocycles. The van der Waals surface area contributed by atoms with Gasteiger partial charge in [0.25, 0.3) is 0 Å². The van der Waals surface area contributed by atoms with Crippen LogP contribution in [0.25, 0.3) is 22.1 Å². The van der Waals surface area contributed by atoms with Gasteiger partial charge in [-0.15, -0.1) is 0 Å². The molecular weight excluding hydrogens is 528 g/mol. The van der Waals surface area contributed by atoms with Gasteiger partial charge >= 0.3 is 5.97 Å². The molecule has 0 saturated carbocycles. The van der Waals surface area contributed by atoms with Gasteiger partial charge in [0.1, 0.15) is 0 Å². The number of carbonyl (C=O) groups excluding carboxylic acids is 2. The Morgan fingerprint density at radius 3 is 2.33 bits per heavy atom. The molecule has 3 aromatic rings. The molecule has 6 rings (SSSR count). The number of aromatic amines is 2. The van der Waals surface area contributed by atoms with Crippen LogP contribution in [-0.2, 0) is 16.0 Å². The Hall–Kier alpha value is -3.78. The van der Waals surface area contributed by atoms with Crippen molar-refractivity contribution in [1.82, 2.24) is 19.9 Å². The number of ether oxygens (including phenoxy) is 1. The van der Waals surface area contributed by atoms with E-state index < -0.39 is 6.10 Å². The highest BCUT2D eigenvalue weighted by atomic mass is 16.5. The summed E-state index contributed by atoms with van der Waals surface area (Å²) >= 11 is 0. The number of nitrogens with one attached hydrogen (secondary N) is 2.